The molecule has 12 nitrogen and oxygen atoms in total. The van der Waals surface area contributed by atoms with E-state index in [-0.39, 0.29) is 18.4 Å². The maximum absolute atomic E-state index is 13.2. The van der Waals surface area contributed by atoms with Gasteiger partial charge < -0.3 is 25.3 Å². The van der Waals surface area contributed by atoms with E-state index >= 15 is 0 Å². The van der Waals surface area contributed by atoms with E-state index in [1.165, 1.54) is 6.33 Å². The predicted molar refractivity (Wildman–Crippen MR) is 163 cm³/mol. The molecule has 2 atom stereocenters. The Morgan fingerprint density at radius 1 is 1.00 bits per heavy atom. The maximum Gasteiger partial charge on any atom is 0.490 e. The molecule has 0 saturated carbocycles. The van der Waals surface area contributed by atoms with Gasteiger partial charge in [-0.3, -0.25) is 14.5 Å². The Balaban J connectivity index is 0.000000738. The minimum atomic E-state index is -5.08. The van der Waals surface area contributed by atoms with Crippen molar-refractivity contribution in [2.75, 3.05) is 50.7 Å². The van der Waals surface area contributed by atoms with Crippen molar-refractivity contribution in [1.29, 1.82) is 0 Å². The summed E-state index contributed by atoms with van der Waals surface area (Å²) >= 11 is 6.34. The standard InChI is InChI=1S/C28H37ClN6O4.C2HF3O2/c1-18-7-8-23(12-24(18)29)35(28(39)30-9-4-6-25(36)37)11-5-10-33-13-21-15-34(16-22(21)14-33)27(38)26-19(2)31-17-32-20(26)3;3-2(4,5)1(6)7/h7-8,12,17,21-22H,4-6,9-11,13-16H2,1-3H3,(H,30,39)(H,36,37);(H,6,7). The molecule has 2 unspecified atom stereocenters. The number of anilines is 1. The van der Waals surface area contributed by atoms with Gasteiger partial charge in [-0.15, -0.1) is 0 Å². The van der Waals surface area contributed by atoms with E-state index in [1.54, 1.807) is 11.0 Å². The topological polar surface area (TPSA) is 156 Å². The molecule has 46 heavy (non-hydrogen) atoms. The fourth-order valence-electron chi connectivity index (χ4n) is 5.58. The summed E-state index contributed by atoms with van der Waals surface area (Å²) in [6, 6.07) is 5.30. The summed E-state index contributed by atoms with van der Waals surface area (Å²) < 4.78 is 31.7. The summed E-state index contributed by atoms with van der Waals surface area (Å²) in [6.45, 7) is 10.6. The van der Waals surface area contributed by atoms with Gasteiger partial charge in [0.1, 0.15) is 6.33 Å². The van der Waals surface area contributed by atoms with Crippen molar-refractivity contribution in [1.82, 2.24) is 25.1 Å². The SMILES string of the molecule is Cc1ccc(N(CCCN2CC3CN(C(=O)c4c(C)ncnc4C)CC3C2)C(=O)NCCCC(=O)O)cc1Cl.O=C(O)C(F)(F)F. The van der Waals surface area contributed by atoms with Crippen LogP contribution in [0.25, 0.3) is 0 Å². The number of hydrogen-bond acceptors (Lipinski definition) is 7. The normalized spacial score (nSPS) is 17.6. The lowest BCUT2D eigenvalue weighted by molar-refractivity contribution is -0.192. The van der Waals surface area contributed by atoms with Crippen molar-refractivity contribution < 1.29 is 42.6 Å². The zero-order chi connectivity index (χ0) is 34.2. The molecule has 0 radical (unpaired) electrons. The lowest BCUT2D eigenvalue weighted by Crippen LogP contribution is -2.42. The van der Waals surface area contributed by atoms with E-state index in [2.05, 4.69) is 20.2 Å². The van der Waals surface area contributed by atoms with Gasteiger partial charge in [-0.1, -0.05) is 17.7 Å². The monoisotopic (exact) mass is 670 g/mol. The van der Waals surface area contributed by atoms with Gasteiger partial charge in [0, 0.05) is 56.4 Å². The smallest absolute Gasteiger partial charge is 0.481 e. The van der Waals surface area contributed by atoms with Crippen molar-refractivity contribution >= 4 is 41.2 Å². The molecule has 1 aromatic carbocycles. The van der Waals surface area contributed by atoms with E-state index < -0.39 is 18.1 Å². The number of carbonyl (C=O) groups excluding carboxylic acids is 2. The van der Waals surface area contributed by atoms with Crippen LogP contribution in [0.2, 0.25) is 5.02 Å². The summed E-state index contributed by atoms with van der Waals surface area (Å²) in [5.74, 6) is -2.75. The maximum atomic E-state index is 13.2. The minimum absolute atomic E-state index is 0.00923. The van der Waals surface area contributed by atoms with Crippen LogP contribution in [0.5, 0.6) is 0 Å². The summed E-state index contributed by atoms with van der Waals surface area (Å²) in [5.41, 5.74) is 3.70. The number of likely N-dealkylation sites (tertiary alicyclic amines) is 2. The first kappa shape index (κ1) is 36.5. The molecule has 2 aromatic rings. The molecule has 2 fully saturated rings. The quantitative estimate of drug-likeness (QED) is 0.316. The van der Waals surface area contributed by atoms with Crippen LogP contribution in [0.1, 0.15) is 46.6 Å². The van der Waals surface area contributed by atoms with Gasteiger partial charge in [0.25, 0.3) is 5.91 Å². The Hall–Kier alpha value is -3.98. The van der Waals surface area contributed by atoms with E-state index in [4.69, 9.17) is 26.6 Å². The van der Waals surface area contributed by atoms with Crippen LogP contribution in [-0.2, 0) is 9.59 Å². The van der Waals surface area contributed by atoms with Gasteiger partial charge in [0.2, 0.25) is 0 Å². The van der Waals surface area contributed by atoms with Crippen LogP contribution in [0.4, 0.5) is 23.7 Å². The molecule has 0 spiro atoms. The van der Waals surface area contributed by atoms with Crippen LogP contribution in [0, 0.1) is 32.6 Å². The van der Waals surface area contributed by atoms with Crippen LogP contribution in [0.15, 0.2) is 24.5 Å². The van der Waals surface area contributed by atoms with Gasteiger partial charge in [0.05, 0.1) is 17.0 Å². The molecule has 1 aromatic heterocycles. The molecular formula is C30H38ClF3N6O6. The lowest BCUT2D eigenvalue weighted by Gasteiger charge is -2.26. The average molecular weight is 671 g/mol. The molecule has 0 bridgehead atoms. The molecule has 3 heterocycles. The van der Waals surface area contributed by atoms with Gasteiger partial charge in [0.15, 0.2) is 0 Å². The number of hydrogen-bond donors (Lipinski definition) is 3. The van der Waals surface area contributed by atoms with E-state index in [0.717, 1.165) is 56.1 Å². The zero-order valence-electron chi connectivity index (χ0n) is 25.8. The van der Waals surface area contributed by atoms with Crippen molar-refractivity contribution in [2.24, 2.45) is 11.8 Å². The molecule has 2 aliphatic heterocycles. The summed E-state index contributed by atoms with van der Waals surface area (Å²) in [7, 11) is 0. The number of nitrogens with zero attached hydrogens (tertiary/aromatic N) is 5. The number of carbonyl (C=O) groups is 4. The molecule has 252 valence electrons. The van der Waals surface area contributed by atoms with Crippen molar-refractivity contribution in [3.63, 3.8) is 0 Å². The first-order chi connectivity index (χ1) is 21.6. The molecule has 2 saturated heterocycles. The van der Waals surface area contributed by atoms with Gasteiger partial charge in [-0.2, -0.15) is 13.2 Å². The predicted octanol–water partition coefficient (Wildman–Crippen LogP) is 4.16. The van der Waals surface area contributed by atoms with Gasteiger partial charge in [-0.05, 0) is 69.7 Å². The first-order valence-corrected chi connectivity index (χ1v) is 15.1. The number of benzene rings is 1. The number of halogens is 4. The molecule has 4 rings (SSSR count). The Bertz CT molecular complexity index is 1390. The highest BCUT2D eigenvalue weighted by molar-refractivity contribution is 6.31. The van der Waals surface area contributed by atoms with E-state index in [1.807, 2.05) is 37.8 Å². The first-order valence-electron chi connectivity index (χ1n) is 14.7. The second-order valence-electron chi connectivity index (χ2n) is 11.4. The number of amides is 3. The summed E-state index contributed by atoms with van der Waals surface area (Å²) in [4.78, 5) is 60.3. The van der Waals surface area contributed by atoms with Crippen LogP contribution < -0.4 is 10.2 Å². The highest BCUT2D eigenvalue weighted by Crippen LogP contribution is 2.32. The summed E-state index contributed by atoms with van der Waals surface area (Å²) in [6.07, 6.45) is -2.43. The molecule has 3 amide bonds. The number of rotatable bonds is 10. The number of carboxylic acids is 2. The molecule has 16 heteroatoms. The van der Waals surface area contributed by atoms with Crippen molar-refractivity contribution in [3.8, 4) is 0 Å². The second kappa shape index (κ2) is 16.0. The number of aromatic nitrogens is 2. The molecule has 0 aliphatic carbocycles. The number of aryl methyl sites for hydroxylation is 3. The second-order valence-corrected chi connectivity index (χ2v) is 11.8. The number of aliphatic carboxylic acids is 2. The third-order valence-corrected chi connectivity index (χ3v) is 8.35. The highest BCUT2D eigenvalue weighted by atomic mass is 35.5. The fourth-order valence-corrected chi connectivity index (χ4v) is 5.75. The third-order valence-electron chi connectivity index (χ3n) is 7.94. The van der Waals surface area contributed by atoms with Crippen LogP contribution >= 0.6 is 11.6 Å². The van der Waals surface area contributed by atoms with Crippen molar-refractivity contribution in [2.45, 2.75) is 46.2 Å². The number of alkyl halides is 3. The van der Waals surface area contributed by atoms with Gasteiger partial charge in [-0.25, -0.2) is 19.6 Å². The fraction of sp³-hybridized carbons (Fsp3) is 0.533. The number of fused-ring (bicyclic) bond motifs is 1. The van der Waals surface area contributed by atoms with E-state index in [9.17, 15) is 27.6 Å². The van der Waals surface area contributed by atoms with Crippen molar-refractivity contribution in [3.05, 3.63) is 52.1 Å². The zero-order valence-corrected chi connectivity index (χ0v) is 26.6. The largest absolute Gasteiger partial charge is 0.490 e. The highest BCUT2D eigenvalue weighted by Gasteiger charge is 2.42. The third kappa shape index (κ3) is 10.0. The Labute approximate surface area is 269 Å². The Morgan fingerprint density at radius 2 is 1.59 bits per heavy atom. The van der Waals surface area contributed by atoms with Crippen LogP contribution in [0.3, 0.4) is 0 Å². The number of carboxylic acid groups (broad SMARTS) is 2. The lowest BCUT2D eigenvalue weighted by atomic mass is 10.0. The average Bonchev–Trinajstić information content (AvgIpc) is 3.54. The minimum Gasteiger partial charge on any atom is -0.481 e. The molecule has 2 aliphatic rings. The van der Waals surface area contributed by atoms with Gasteiger partial charge >= 0.3 is 24.1 Å². The Kier molecular flexibility index (Phi) is 12.7. The van der Waals surface area contributed by atoms with Crippen LogP contribution in [-0.4, -0.2) is 106 Å². The van der Waals surface area contributed by atoms with E-state index in [0.29, 0.717) is 47.6 Å². The Morgan fingerprint density at radius 3 is 2.11 bits per heavy atom. The number of urea groups is 1. The molecule has 3 N–H and O–H groups in total. The summed E-state index contributed by atoms with van der Waals surface area (Å²) in [5, 5.41) is 19.4. The number of nitrogens with one attached hydrogen (secondary N) is 1. The molecular weight excluding hydrogens is 633 g/mol.